The number of benzene rings is 1. The Labute approximate surface area is 151 Å². The lowest BCUT2D eigenvalue weighted by atomic mass is 10.1. The van der Waals surface area contributed by atoms with Crippen LogP contribution in [0.5, 0.6) is 0 Å². The average Bonchev–Trinajstić information content (AvgIpc) is 3.06. The van der Waals surface area contributed by atoms with Crippen molar-refractivity contribution in [3.63, 3.8) is 0 Å². The fourth-order valence-corrected chi connectivity index (χ4v) is 4.55. The zero-order chi connectivity index (χ0) is 17.1. The summed E-state index contributed by atoms with van der Waals surface area (Å²) in [6.07, 6.45) is 0.816. The van der Waals surface area contributed by atoms with Crippen molar-refractivity contribution in [1.29, 1.82) is 0 Å². The van der Waals surface area contributed by atoms with Gasteiger partial charge >= 0.3 is 0 Å². The second kappa shape index (κ2) is 7.76. The summed E-state index contributed by atoms with van der Waals surface area (Å²) in [5.41, 5.74) is 0.570. The van der Waals surface area contributed by atoms with Crippen LogP contribution in [0.25, 0.3) is 0 Å². The molecule has 24 heavy (non-hydrogen) atoms. The molecule has 1 aromatic rings. The molecule has 3 rings (SSSR count). The van der Waals surface area contributed by atoms with Gasteiger partial charge in [-0.3, -0.25) is 9.59 Å². The van der Waals surface area contributed by atoms with Crippen molar-refractivity contribution in [2.45, 2.75) is 24.8 Å². The summed E-state index contributed by atoms with van der Waals surface area (Å²) in [5.74, 6) is 0.577. The minimum absolute atomic E-state index is 0.0307. The Bertz CT molecular complexity index is 604. The summed E-state index contributed by atoms with van der Waals surface area (Å²) in [6, 6.07) is 6.45. The molecule has 0 aromatic heterocycles. The summed E-state index contributed by atoms with van der Waals surface area (Å²) in [6.45, 7) is 4.36. The van der Waals surface area contributed by atoms with E-state index in [0.29, 0.717) is 42.6 Å². The highest BCUT2D eigenvalue weighted by Crippen LogP contribution is 2.33. The van der Waals surface area contributed by atoms with Gasteiger partial charge in [0.25, 0.3) is 5.91 Å². The maximum Gasteiger partial charge on any atom is 0.255 e. The molecule has 0 saturated carbocycles. The minimum atomic E-state index is -0.402. The van der Waals surface area contributed by atoms with Crippen LogP contribution in [-0.2, 0) is 9.53 Å². The Hall–Kier alpha value is -1.24. The Morgan fingerprint density at radius 3 is 2.54 bits per heavy atom. The van der Waals surface area contributed by atoms with E-state index in [2.05, 4.69) is 0 Å². The van der Waals surface area contributed by atoms with Crippen molar-refractivity contribution in [1.82, 2.24) is 9.80 Å². The Morgan fingerprint density at radius 2 is 1.92 bits per heavy atom. The van der Waals surface area contributed by atoms with Crippen molar-refractivity contribution in [2.24, 2.45) is 0 Å². The summed E-state index contributed by atoms with van der Waals surface area (Å²) in [5, 5.41) is 0.624. The quantitative estimate of drug-likeness (QED) is 0.822. The van der Waals surface area contributed by atoms with E-state index < -0.39 is 6.04 Å². The Morgan fingerprint density at radius 1 is 1.25 bits per heavy atom. The van der Waals surface area contributed by atoms with Gasteiger partial charge in [-0.05, 0) is 30.7 Å². The van der Waals surface area contributed by atoms with E-state index in [1.165, 1.54) is 0 Å². The number of morpholine rings is 1. The molecule has 2 atom stereocenters. The number of nitrogens with zero attached hydrogens (tertiary/aromatic N) is 2. The molecular weight excluding hydrogens is 348 g/mol. The number of amides is 2. The zero-order valence-electron chi connectivity index (χ0n) is 13.6. The van der Waals surface area contributed by atoms with E-state index in [4.69, 9.17) is 16.3 Å². The number of carbonyl (C=O) groups excluding carboxylic acids is 2. The van der Waals surface area contributed by atoms with Crippen LogP contribution in [0.4, 0.5) is 0 Å². The summed E-state index contributed by atoms with van der Waals surface area (Å²) in [4.78, 5) is 29.5. The van der Waals surface area contributed by atoms with E-state index >= 15 is 0 Å². The second-order valence-electron chi connectivity index (χ2n) is 5.87. The van der Waals surface area contributed by atoms with Crippen molar-refractivity contribution < 1.29 is 14.3 Å². The van der Waals surface area contributed by atoms with Crippen molar-refractivity contribution in [3.8, 4) is 0 Å². The molecule has 2 fully saturated rings. The van der Waals surface area contributed by atoms with E-state index in [1.807, 2.05) is 11.8 Å². The maximum absolute atomic E-state index is 13.0. The number of carbonyl (C=O) groups is 2. The van der Waals surface area contributed by atoms with Crippen LogP contribution in [0.3, 0.4) is 0 Å². The molecule has 130 valence electrons. The number of thioether (sulfide) groups is 1. The van der Waals surface area contributed by atoms with Crippen molar-refractivity contribution >= 4 is 35.2 Å². The molecule has 2 aliphatic heterocycles. The van der Waals surface area contributed by atoms with Crippen LogP contribution in [0.2, 0.25) is 5.02 Å². The first kappa shape index (κ1) is 17.6. The second-order valence-corrected chi connectivity index (χ2v) is 7.52. The smallest absolute Gasteiger partial charge is 0.255 e. The van der Waals surface area contributed by atoms with Gasteiger partial charge in [-0.2, -0.15) is 0 Å². The third-order valence-corrected chi connectivity index (χ3v) is 6.08. The van der Waals surface area contributed by atoms with Gasteiger partial charge in [-0.15, -0.1) is 11.8 Å². The highest BCUT2D eigenvalue weighted by molar-refractivity contribution is 8.00. The summed E-state index contributed by atoms with van der Waals surface area (Å²) >= 11 is 7.59. The molecule has 0 unspecified atom stereocenters. The molecule has 2 amide bonds. The summed E-state index contributed by atoms with van der Waals surface area (Å²) in [7, 11) is 0. The first-order valence-electron chi connectivity index (χ1n) is 8.18. The molecule has 7 heteroatoms. The molecule has 0 spiro atoms. The van der Waals surface area contributed by atoms with Gasteiger partial charge < -0.3 is 14.5 Å². The third-order valence-electron chi connectivity index (χ3n) is 4.38. The van der Waals surface area contributed by atoms with E-state index in [1.54, 1.807) is 40.9 Å². The summed E-state index contributed by atoms with van der Waals surface area (Å²) < 4.78 is 5.32. The number of rotatable bonds is 3. The van der Waals surface area contributed by atoms with Gasteiger partial charge in [0.1, 0.15) is 6.04 Å². The number of halogens is 1. The van der Waals surface area contributed by atoms with E-state index in [-0.39, 0.29) is 17.2 Å². The minimum Gasteiger partial charge on any atom is -0.378 e. The maximum atomic E-state index is 13.0. The van der Waals surface area contributed by atoms with Crippen molar-refractivity contribution in [2.75, 3.05) is 32.1 Å². The monoisotopic (exact) mass is 368 g/mol. The lowest BCUT2D eigenvalue weighted by Crippen LogP contribution is -2.53. The van der Waals surface area contributed by atoms with Gasteiger partial charge in [0, 0.05) is 29.4 Å². The van der Waals surface area contributed by atoms with Crippen LogP contribution in [0.15, 0.2) is 24.3 Å². The van der Waals surface area contributed by atoms with Gasteiger partial charge in [0.2, 0.25) is 5.91 Å². The predicted molar refractivity (Wildman–Crippen MR) is 95.3 cm³/mol. The van der Waals surface area contributed by atoms with Crippen LogP contribution < -0.4 is 0 Å². The molecule has 0 radical (unpaired) electrons. The zero-order valence-corrected chi connectivity index (χ0v) is 15.2. The highest BCUT2D eigenvalue weighted by atomic mass is 35.5. The fourth-order valence-electron chi connectivity index (χ4n) is 3.08. The molecule has 5 nitrogen and oxygen atoms in total. The molecule has 1 aromatic carbocycles. The van der Waals surface area contributed by atoms with Crippen LogP contribution in [-0.4, -0.2) is 65.1 Å². The van der Waals surface area contributed by atoms with Crippen molar-refractivity contribution in [3.05, 3.63) is 34.9 Å². The number of ether oxygens (including phenoxy) is 1. The average molecular weight is 369 g/mol. The Balaban J connectivity index is 1.81. The number of hydrogen-bond donors (Lipinski definition) is 0. The molecule has 0 aliphatic carbocycles. The number of hydrogen-bond acceptors (Lipinski definition) is 4. The predicted octanol–water partition coefficient (Wildman–Crippen LogP) is 2.49. The molecule has 2 saturated heterocycles. The largest absolute Gasteiger partial charge is 0.378 e. The first-order valence-corrected chi connectivity index (χ1v) is 9.61. The highest BCUT2D eigenvalue weighted by Gasteiger charge is 2.42. The molecular formula is C17H21ClN2O3S. The SMILES string of the molecule is CC[C@H]1SC[C@H](C(=O)N2CCOCC2)N1C(=O)c1ccc(Cl)cc1. The lowest BCUT2D eigenvalue weighted by molar-refractivity contribution is -0.139. The molecule has 2 heterocycles. The van der Waals surface area contributed by atoms with Gasteiger partial charge in [0.05, 0.1) is 18.6 Å². The van der Waals surface area contributed by atoms with Crippen LogP contribution in [0.1, 0.15) is 23.7 Å². The standard InChI is InChI=1S/C17H21ClN2O3S/c1-2-15-20(16(21)12-3-5-13(18)6-4-12)14(11-24-15)17(22)19-7-9-23-10-8-19/h3-6,14-15H,2,7-11H2,1H3/t14-,15-/m1/s1. The molecule has 0 bridgehead atoms. The van der Waals surface area contributed by atoms with Gasteiger partial charge in [0.15, 0.2) is 0 Å². The molecule has 0 N–H and O–H groups in total. The molecule has 2 aliphatic rings. The first-order chi connectivity index (χ1) is 11.6. The normalized spacial score (nSPS) is 24.2. The van der Waals surface area contributed by atoms with E-state index in [0.717, 1.165) is 6.42 Å². The third kappa shape index (κ3) is 3.55. The fraction of sp³-hybridized carbons (Fsp3) is 0.529. The topological polar surface area (TPSA) is 49.9 Å². The van der Waals surface area contributed by atoms with Crippen LogP contribution >= 0.6 is 23.4 Å². The van der Waals surface area contributed by atoms with Crippen LogP contribution in [0, 0.1) is 0 Å². The lowest BCUT2D eigenvalue weighted by Gasteiger charge is -2.34. The van der Waals surface area contributed by atoms with E-state index in [9.17, 15) is 9.59 Å². The van der Waals surface area contributed by atoms with Gasteiger partial charge in [-0.25, -0.2) is 0 Å². The Kier molecular flexibility index (Phi) is 5.69. The van der Waals surface area contributed by atoms with Gasteiger partial charge in [-0.1, -0.05) is 18.5 Å².